The lowest BCUT2D eigenvalue weighted by molar-refractivity contribution is -0.132. The average molecular weight is 423 g/mol. The summed E-state index contributed by atoms with van der Waals surface area (Å²) in [6.07, 6.45) is 0. The van der Waals surface area contributed by atoms with E-state index in [9.17, 15) is 14.4 Å². The highest BCUT2D eigenvalue weighted by molar-refractivity contribution is 5.98. The molecule has 7 heteroatoms. The molecule has 1 fully saturated rings. The van der Waals surface area contributed by atoms with Crippen molar-refractivity contribution in [2.75, 3.05) is 44.6 Å². The topological polar surface area (TPSA) is 81.8 Å². The summed E-state index contributed by atoms with van der Waals surface area (Å²) < 4.78 is 0. The quantitative estimate of drug-likeness (QED) is 0.718. The number of nitrogens with one attached hydrogen (secondary N) is 2. The fraction of sp³-hybridized carbons (Fsp3) is 0.375. The predicted octanol–water partition coefficient (Wildman–Crippen LogP) is 2.32. The average Bonchev–Trinajstić information content (AvgIpc) is 2.79. The molecule has 2 aromatic carbocycles. The number of piperazine rings is 1. The van der Waals surface area contributed by atoms with Crippen LogP contribution in [0.4, 0.5) is 5.69 Å². The highest BCUT2D eigenvalue weighted by atomic mass is 16.2. The molecule has 0 bridgehead atoms. The molecular weight excluding hydrogens is 392 g/mol. The summed E-state index contributed by atoms with van der Waals surface area (Å²) in [4.78, 5) is 41.1. The van der Waals surface area contributed by atoms with Crippen LogP contribution in [0.25, 0.3) is 0 Å². The zero-order chi connectivity index (χ0) is 22.2. The molecule has 0 aliphatic carbocycles. The normalized spacial score (nSPS) is 14.6. The van der Waals surface area contributed by atoms with Crippen molar-refractivity contribution in [1.29, 1.82) is 0 Å². The Balaban J connectivity index is 1.80. The molecular formula is C24H30N4O3. The van der Waals surface area contributed by atoms with Gasteiger partial charge in [0.15, 0.2) is 0 Å². The van der Waals surface area contributed by atoms with Gasteiger partial charge in [0.25, 0.3) is 5.91 Å². The minimum atomic E-state index is -0.224. The van der Waals surface area contributed by atoms with E-state index in [4.69, 9.17) is 0 Å². The maximum atomic E-state index is 13.4. The maximum absolute atomic E-state index is 13.4. The number of hydrogen-bond acceptors (Lipinski definition) is 4. The monoisotopic (exact) mass is 422 g/mol. The molecule has 0 aromatic heterocycles. The largest absolute Gasteiger partial charge is 0.339 e. The van der Waals surface area contributed by atoms with Gasteiger partial charge in [0.2, 0.25) is 11.8 Å². The predicted molar refractivity (Wildman–Crippen MR) is 121 cm³/mol. The van der Waals surface area contributed by atoms with Gasteiger partial charge in [-0.1, -0.05) is 43.3 Å². The first kappa shape index (κ1) is 22.5. The molecule has 1 heterocycles. The van der Waals surface area contributed by atoms with E-state index in [0.29, 0.717) is 30.9 Å². The van der Waals surface area contributed by atoms with E-state index in [1.54, 1.807) is 34.1 Å². The number of hydrogen-bond donors (Lipinski definition) is 2. The number of carbonyl (C=O) groups excluding carboxylic acids is 3. The van der Waals surface area contributed by atoms with E-state index in [1.165, 1.54) is 6.92 Å². The van der Waals surface area contributed by atoms with Crippen LogP contribution in [0.5, 0.6) is 0 Å². The minimum absolute atomic E-state index is 0.0281. The van der Waals surface area contributed by atoms with Crippen LogP contribution in [0.3, 0.4) is 0 Å². The number of benzene rings is 2. The molecule has 2 aromatic rings. The maximum Gasteiger partial charge on any atom is 0.254 e. The molecule has 1 aliphatic heterocycles. The van der Waals surface area contributed by atoms with Gasteiger partial charge in [0, 0.05) is 50.9 Å². The van der Waals surface area contributed by atoms with Crippen LogP contribution in [-0.4, -0.2) is 66.8 Å². The summed E-state index contributed by atoms with van der Waals surface area (Å²) in [6.45, 7) is 6.75. The molecule has 1 atom stereocenters. The van der Waals surface area contributed by atoms with Gasteiger partial charge in [0.05, 0.1) is 0 Å². The summed E-state index contributed by atoms with van der Waals surface area (Å²) in [6, 6.07) is 16.8. The van der Waals surface area contributed by atoms with Crippen molar-refractivity contribution in [2.24, 2.45) is 0 Å². The van der Waals surface area contributed by atoms with E-state index in [0.717, 1.165) is 18.7 Å². The van der Waals surface area contributed by atoms with Crippen LogP contribution in [-0.2, 0) is 9.59 Å². The summed E-state index contributed by atoms with van der Waals surface area (Å²) >= 11 is 0. The first-order valence-corrected chi connectivity index (χ1v) is 10.6. The standard InChI is InChI=1S/C24H30N4O3/c1-18(20-7-4-3-5-8-20)16-28(17-23(30)27-13-11-25-12-14-27)24(31)21-9-6-10-22(15-21)26-19(2)29/h3-10,15,18,25H,11-14,16-17H2,1-2H3,(H,26,29)/t18-/m0/s1. The van der Waals surface area contributed by atoms with E-state index < -0.39 is 0 Å². The first-order valence-electron chi connectivity index (χ1n) is 10.6. The first-order chi connectivity index (χ1) is 14.9. The fourth-order valence-electron chi connectivity index (χ4n) is 3.73. The van der Waals surface area contributed by atoms with Gasteiger partial charge in [-0.3, -0.25) is 14.4 Å². The Morgan fingerprint density at radius 2 is 1.77 bits per heavy atom. The Bertz CT molecular complexity index is 910. The Kier molecular flexibility index (Phi) is 7.78. The Hall–Kier alpha value is -3.19. The Morgan fingerprint density at radius 3 is 2.45 bits per heavy atom. The fourth-order valence-corrected chi connectivity index (χ4v) is 3.73. The van der Waals surface area contributed by atoms with Crippen molar-refractivity contribution in [3.63, 3.8) is 0 Å². The zero-order valence-electron chi connectivity index (χ0n) is 18.1. The number of nitrogens with zero attached hydrogens (tertiary/aromatic N) is 2. The van der Waals surface area contributed by atoms with Gasteiger partial charge >= 0.3 is 0 Å². The van der Waals surface area contributed by atoms with Gasteiger partial charge in [-0.2, -0.15) is 0 Å². The molecule has 3 amide bonds. The molecule has 7 nitrogen and oxygen atoms in total. The smallest absolute Gasteiger partial charge is 0.254 e. The SMILES string of the molecule is CC(=O)Nc1cccc(C(=O)N(CC(=O)N2CCNCC2)C[C@H](C)c2ccccc2)c1. The zero-order valence-corrected chi connectivity index (χ0v) is 18.1. The molecule has 3 rings (SSSR count). The minimum Gasteiger partial charge on any atom is -0.339 e. The Morgan fingerprint density at radius 1 is 1.06 bits per heavy atom. The van der Waals surface area contributed by atoms with Crippen molar-refractivity contribution in [2.45, 2.75) is 19.8 Å². The van der Waals surface area contributed by atoms with Crippen LogP contribution < -0.4 is 10.6 Å². The van der Waals surface area contributed by atoms with Crippen molar-refractivity contribution in [1.82, 2.24) is 15.1 Å². The van der Waals surface area contributed by atoms with E-state index in [2.05, 4.69) is 17.6 Å². The summed E-state index contributed by atoms with van der Waals surface area (Å²) in [5.74, 6) is -0.404. The molecule has 0 saturated carbocycles. The van der Waals surface area contributed by atoms with Gasteiger partial charge < -0.3 is 20.4 Å². The second kappa shape index (κ2) is 10.7. The van der Waals surface area contributed by atoms with Crippen molar-refractivity contribution in [3.8, 4) is 0 Å². The van der Waals surface area contributed by atoms with Crippen LogP contribution in [0.2, 0.25) is 0 Å². The van der Waals surface area contributed by atoms with Crippen molar-refractivity contribution in [3.05, 3.63) is 65.7 Å². The van der Waals surface area contributed by atoms with Crippen LogP contribution in [0.1, 0.15) is 35.7 Å². The van der Waals surface area contributed by atoms with E-state index in [1.807, 2.05) is 30.3 Å². The summed E-state index contributed by atoms with van der Waals surface area (Å²) in [7, 11) is 0. The lowest BCUT2D eigenvalue weighted by Gasteiger charge is -2.31. The van der Waals surface area contributed by atoms with Gasteiger partial charge in [-0.25, -0.2) is 0 Å². The molecule has 31 heavy (non-hydrogen) atoms. The molecule has 0 unspecified atom stereocenters. The van der Waals surface area contributed by atoms with E-state index in [-0.39, 0.29) is 30.2 Å². The highest BCUT2D eigenvalue weighted by Crippen LogP contribution is 2.19. The molecule has 164 valence electrons. The lowest BCUT2D eigenvalue weighted by atomic mass is 10.00. The van der Waals surface area contributed by atoms with Crippen molar-refractivity contribution < 1.29 is 14.4 Å². The molecule has 0 spiro atoms. The third-order valence-electron chi connectivity index (χ3n) is 5.38. The summed E-state index contributed by atoms with van der Waals surface area (Å²) in [5.41, 5.74) is 2.12. The second-order valence-corrected chi connectivity index (χ2v) is 7.89. The summed E-state index contributed by atoms with van der Waals surface area (Å²) in [5, 5.41) is 5.94. The molecule has 2 N–H and O–H groups in total. The third-order valence-corrected chi connectivity index (χ3v) is 5.38. The van der Waals surface area contributed by atoms with E-state index >= 15 is 0 Å². The Labute approximate surface area is 183 Å². The number of carbonyl (C=O) groups is 3. The van der Waals surface area contributed by atoms with Gasteiger partial charge in [-0.15, -0.1) is 0 Å². The van der Waals surface area contributed by atoms with Gasteiger partial charge in [-0.05, 0) is 29.7 Å². The second-order valence-electron chi connectivity index (χ2n) is 7.89. The van der Waals surface area contributed by atoms with Crippen LogP contribution in [0.15, 0.2) is 54.6 Å². The van der Waals surface area contributed by atoms with Crippen molar-refractivity contribution >= 4 is 23.4 Å². The highest BCUT2D eigenvalue weighted by Gasteiger charge is 2.25. The molecule has 1 aliphatic rings. The number of anilines is 1. The van der Waals surface area contributed by atoms with Gasteiger partial charge in [0.1, 0.15) is 6.54 Å². The third kappa shape index (κ3) is 6.39. The van der Waals surface area contributed by atoms with Crippen LogP contribution in [0, 0.1) is 0 Å². The van der Waals surface area contributed by atoms with Crippen LogP contribution >= 0.6 is 0 Å². The lowest BCUT2D eigenvalue weighted by Crippen LogP contribution is -2.50. The molecule has 1 saturated heterocycles. The number of rotatable bonds is 7. The number of amides is 3. The molecule has 0 radical (unpaired) electrons.